The van der Waals surface area contributed by atoms with Crippen molar-refractivity contribution in [3.8, 4) is 5.69 Å². The Balaban J connectivity index is 2.07. The van der Waals surface area contributed by atoms with E-state index >= 15 is 0 Å². The van der Waals surface area contributed by atoms with E-state index in [-0.39, 0.29) is 11.2 Å². The van der Waals surface area contributed by atoms with Crippen LogP contribution in [-0.2, 0) is 6.42 Å². The van der Waals surface area contributed by atoms with Gasteiger partial charge in [-0.3, -0.25) is 0 Å². The quantitative estimate of drug-likeness (QED) is 0.707. The molecule has 0 saturated heterocycles. The van der Waals surface area contributed by atoms with Gasteiger partial charge >= 0.3 is 0 Å². The van der Waals surface area contributed by atoms with Crippen LogP contribution in [0.15, 0.2) is 30.5 Å². The smallest absolute Gasteiger partial charge is 0.123 e. The van der Waals surface area contributed by atoms with Crippen LogP contribution in [0.3, 0.4) is 0 Å². The number of alkyl halides is 1. The fourth-order valence-corrected chi connectivity index (χ4v) is 2.64. The van der Waals surface area contributed by atoms with Crippen LogP contribution >= 0.6 is 11.6 Å². The molecule has 1 aromatic heterocycles. The molecular formula is C13H12ClFN2. The Labute approximate surface area is 104 Å². The first-order chi connectivity index (χ1) is 8.25. The minimum absolute atomic E-state index is 0.0629. The summed E-state index contributed by atoms with van der Waals surface area (Å²) in [5.74, 6) is -0.231. The van der Waals surface area contributed by atoms with Gasteiger partial charge in [-0.1, -0.05) is 0 Å². The lowest BCUT2D eigenvalue weighted by Crippen LogP contribution is -2.09. The summed E-state index contributed by atoms with van der Waals surface area (Å²) in [6, 6.07) is 6.37. The predicted octanol–water partition coefficient (Wildman–Crippen LogP) is 3.63. The molecule has 17 heavy (non-hydrogen) atoms. The third kappa shape index (κ3) is 1.84. The van der Waals surface area contributed by atoms with E-state index in [9.17, 15) is 4.39 Å². The van der Waals surface area contributed by atoms with Gasteiger partial charge in [0.2, 0.25) is 0 Å². The molecule has 1 aromatic carbocycles. The van der Waals surface area contributed by atoms with Gasteiger partial charge in [0.25, 0.3) is 0 Å². The second-order valence-electron chi connectivity index (χ2n) is 4.29. The van der Waals surface area contributed by atoms with Gasteiger partial charge in [0.05, 0.1) is 17.3 Å². The maximum absolute atomic E-state index is 12.9. The van der Waals surface area contributed by atoms with E-state index in [0.29, 0.717) is 0 Å². The minimum atomic E-state index is -0.231. The van der Waals surface area contributed by atoms with Gasteiger partial charge in [-0.15, -0.1) is 11.6 Å². The van der Waals surface area contributed by atoms with Crippen LogP contribution < -0.4 is 0 Å². The molecule has 4 heteroatoms. The van der Waals surface area contributed by atoms with Crippen LogP contribution in [0.5, 0.6) is 0 Å². The summed E-state index contributed by atoms with van der Waals surface area (Å²) in [5.41, 5.74) is 3.16. The highest BCUT2D eigenvalue weighted by Gasteiger charge is 2.22. The van der Waals surface area contributed by atoms with Crippen LogP contribution in [-0.4, -0.2) is 9.78 Å². The average molecular weight is 251 g/mol. The van der Waals surface area contributed by atoms with E-state index in [1.54, 1.807) is 12.1 Å². The molecule has 1 aliphatic rings. The highest BCUT2D eigenvalue weighted by atomic mass is 35.5. The average Bonchev–Trinajstić information content (AvgIpc) is 2.75. The minimum Gasteiger partial charge on any atom is -0.237 e. The van der Waals surface area contributed by atoms with Crippen LogP contribution in [0.2, 0.25) is 0 Å². The van der Waals surface area contributed by atoms with Gasteiger partial charge < -0.3 is 0 Å². The summed E-state index contributed by atoms with van der Waals surface area (Å²) in [7, 11) is 0. The van der Waals surface area contributed by atoms with Crippen molar-refractivity contribution in [1.29, 1.82) is 0 Å². The molecule has 0 radical (unpaired) electrons. The maximum atomic E-state index is 12.9. The van der Waals surface area contributed by atoms with Crippen molar-refractivity contribution in [2.24, 2.45) is 0 Å². The molecule has 0 spiro atoms. The summed E-state index contributed by atoms with van der Waals surface area (Å²) >= 11 is 6.26. The zero-order chi connectivity index (χ0) is 11.8. The Kier molecular flexibility index (Phi) is 2.63. The SMILES string of the molecule is Fc1ccc(-n2ncc3c2CCCC3Cl)cc1. The zero-order valence-corrected chi connectivity index (χ0v) is 9.99. The first kappa shape index (κ1) is 10.8. The van der Waals surface area contributed by atoms with E-state index in [4.69, 9.17) is 11.6 Å². The predicted molar refractivity (Wildman–Crippen MR) is 65.1 cm³/mol. The van der Waals surface area contributed by atoms with Crippen molar-refractivity contribution in [2.75, 3.05) is 0 Å². The van der Waals surface area contributed by atoms with Crippen molar-refractivity contribution >= 4 is 11.6 Å². The Hall–Kier alpha value is -1.35. The summed E-state index contributed by atoms with van der Waals surface area (Å²) in [5, 5.41) is 4.42. The molecule has 2 nitrogen and oxygen atoms in total. The van der Waals surface area contributed by atoms with E-state index < -0.39 is 0 Å². The van der Waals surface area contributed by atoms with Crippen molar-refractivity contribution in [3.63, 3.8) is 0 Å². The van der Waals surface area contributed by atoms with Crippen molar-refractivity contribution in [1.82, 2.24) is 9.78 Å². The molecule has 2 aromatic rings. The van der Waals surface area contributed by atoms with Crippen LogP contribution in [0, 0.1) is 5.82 Å². The van der Waals surface area contributed by atoms with Gasteiger partial charge in [0, 0.05) is 11.3 Å². The molecule has 3 rings (SSSR count). The molecule has 1 atom stereocenters. The van der Waals surface area contributed by atoms with E-state index in [2.05, 4.69) is 5.10 Å². The normalized spacial score (nSPS) is 19.1. The Morgan fingerprint density at radius 1 is 1.29 bits per heavy atom. The summed E-state index contributed by atoms with van der Waals surface area (Å²) < 4.78 is 14.7. The number of benzene rings is 1. The molecule has 1 heterocycles. The maximum Gasteiger partial charge on any atom is 0.123 e. The summed E-state index contributed by atoms with van der Waals surface area (Å²) in [4.78, 5) is 0. The van der Waals surface area contributed by atoms with Crippen LogP contribution in [0.25, 0.3) is 5.69 Å². The lowest BCUT2D eigenvalue weighted by atomic mass is 9.97. The molecule has 0 aliphatic heterocycles. The highest BCUT2D eigenvalue weighted by molar-refractivity contribution is 6.20. The Morgan fingerprint density at radius 3 is 2.82 bits per heavy atom. The van der Waals surface area contributed by atoms with Gasteiger partial charge in [0.15, 0.2) is 0 Å². The third-order valence-corrected chi connectivity index (χ3v) is 3.63. The fourth-order valence-electron chi connectivity index (χ4n) is 2.31. The van der Waals surface area contributed by atoms with Gasteiger partial charge in [0.1, 0.15) is 5.82 Å². The third-order valence-electron chi connectivity index (χ3n) is 3.18. The molecule has 0 amide bonds. The van der Waals surface area contributed by atoms with Gasteiger partial charge in [-0.25, -0.2) is 9.07 Å². The molecule has 88 valence electrons. The zero-order valence-electron chi connectivity index (χ0n) is 9.24. The molecule has 0 saturated carbocycles. The molecule has 1 aliphatic carbocycles. The molecule has 1 unspecified atom stereocenters. The molecular weight excluding hydrogens is 239 g/mol. The molecule has 0 bridgehead atoms. The van der Waals surface area contributed by atoms with E-state index in [1.807, 2.05) is 10.9 Å². The van der Waals surface area contributed by atoms with Crippen molar-refractivity contribution in [3.05, 3.63) is 47.5 Å². The fraction of sp³-hybridized carbons (Fsp3) is 0.308. The number of hydrogen-bond acceptors (Lipinski definition) is 1. The first-order valence-electron chi connectivity index (χ1n) is 5.72. The van der Waals surface area contributed by atoms with E-state index in [0.717, 1.165) is 36.2 Å². The molecule has 0 N–H and O–H groups in total. The number of fused-ring (bicyclic) bond motifs is 1. The Bertz CT molecular complexity index is 533. The first-order valence-corrected chi connectivity index (χ1v) is 6.16. The molecule has 0 fully saturated rings. The second-order valence-corrected chi connectivity index (χ2v) is 4.82. The number of rotatable bonds is 1. The number of hydrogen-bond donors (Lipinski definition) is 0. The largest absolute Gasteiger partial charge is 0.237 e. The highest BCUT2D eigenvalue weighted by Crippen LogP contribution is 2.35. The lowest BCUT2D eigenvalue weighted by Gasteiger charge is -2.18. The van der Waals surface area contributed by atoms with Gasteiger partial charge in [-0.2, -0.15) is 5.10 Å². The number of nitrogens with zero attached hydrogens (tertiary/aromatic N) is 2. The monoisotopic (exact) mass is 250 g/mol. The number of halogens is 2. The summed E-state index contributed by atoms with van der Waals surface area (Å²) in [6.45, 7) is 0. The van der Waals surface area contributed by atoms with Gasteiger partial charge in [-0.05, 0) is 43.5 Å². The van der Waals surface area contributed by atoms with Crippen molar-refractivity contribution in [2.45, 2.75) is 24.6 Å². The van der Waals surface area contributed by atoms with Crippen molar-refractivity contribution < 1.29 is 4.39 Å². The Morgan fingerprint density at radius 2 is 2.06 bits per heavy atom. The lowest BCUT2D eigenvalue weighted by molar-refractivity contribution is 0.624. The van der Waals surface area contributed by atoms with E-state index in [1.165, 1.54) is 12.1 Å². The summed E-state index contributed by atoms with van der Waals surface area (Å²) in [6.07, 6.45) is 4.89. The topological polar surface area (TPSA) is 17.8 Å². The second kappa shape index (κ2) is 4.15. The standard InChI is InChI=1S/C13H12ClFN2/c14-12-2-1-3-13-11(12)8-16-17(13)10-6-4-9(15)5-7-10/h4-8,12H,1-3H2. The van der Waals surface area contributed by atoms with Crippen LogP contribution in [0.1, 0.15) is 29.5 Å². The number of aromatic nitrogens is 2. The van der Waals surface area contributed by atoms with Crippen LogP contribution in [0.4, 0.5) is 4.39 Å².